The largest absolute Gasteiger partial charge is 0.352 e. The Labute approximate surface area is 175 Å². The van der Waals surface area contributed by atoms with Crippen LogP contribution in [-0.4, -0.2) is 25.1 Å². The van der Waals surface area contributed by atoms with Gasteiger partial charge in [-0.2, -0.15) is 0 Å². The number of carbonyl (C=O) groups is 1. The van der Waals surface area contributed by atoms with E-state index in [2.05, 4.69) is 15.5 Å². The van der Waals surface area contributed by atoms with Crippen LogP contribution in [0, 0.1) is 0 Å². The first-order chi connectivity index (χ1) is 14.1. The second kappa shape index (κ2) is 8.34. The van der Waals surface area contributed by atoms with Crippen molar-refractivity contribution in [2.45, 2.75) is 39.3 Å². The van der Waals surface area contributed by atoms with Crippen LogP contribution in [0.3, 0.4) is 0 Å². The lowest BCUT2D eigenvalue weighted by Crippen LogP contribution is -2.24. The normalized spacial score (nSPS) is 11.4. The van der Waals surface area contributed by atoms with Gasteiger partial charge >= 0.3 is 0 Å². The molecule has 0 fully saturated rings. The maximum atomic E-state index is 12.7. The van der Waals surface area contributed by atoms with Crippen molar-refractivity contribution in [2.24, 2.45) is 0 Å². The number of aromatic nitrogens is 4. The number of hydrogen-bond acceptors (Lipinski definition) is 5. The van der Waals surface area contributed by atoms with Crippen molar-refractivity contribution < 1.29 is 4.79 Å². The molecule has 0 aliphatic carbocycles. The van der Waals surface area contributed by atoms with Gasteiger partial charge in [-0.15, -0.1) is 21.5 Å². The summed E-state index contributed by atoms with van der Waals surface area (Å²) in [7, 11) is 0. The third-order valence-corrected chi connectivity index (χ3v) is 5.85. The van der Waals surface area contributed by atoms with Crippen LogP contribution in [0.2, 0.25) is 5.02 Å². The fourth-order valence-electron chi connectivity index (χ4n) is 3.28. The minimum atomic E-state index is -0.0693. The van der Waals surface area contributed by atoms with Crippen molar-refractivity contribution in [3.8, 4) is 0 Å². The summed E-state index contributed by atoms with van der Waals surface area (Å²) < 4.78 is 4.24. The first-order valence-corrected chi connectivity index (χ1v) is 10.7. The Kier molecular flexibility index (Phi) is 5.64. The molecule has 1 N–H and O–H groups in total. The average Bonchev–Trinajstić information content (AvgIpc) is 3.36. The predicted molar refractivity (Wildman–Crippen MR) is 115 cm³/mol. The van der Waals surface area contributed by atoms with Gasteiger partial charge in [0.1, 0.15) is 10.5 Å². The monoisotopic (exact) mass is 429 g/mol. The average molecular weight is 430 g/mol. The lowest BCUT2D eigenvalue weighted by molar-refractivity contribution is -0.121. The van der Waals surface area contributed by atoms with Crippen molar-refractivity contribution in [3.63, 3.8) is 0 Å². The van der Waals surface area contributed by atoms with Gasteiger partial charge in [0.15, 0.2) is 0 Å². The maximum Gasteiger partial charge on any atom is 0.272 e. The number of hydrogen-bond donors (Lipinski definition) is 1. The summed E-state index contributed by atoms with van der Waals surface area (Å²) in [6.45, 7) is 3.04. The Morgan fingerprint density at radius 2 is 2.00 bits per heavy atom. The summed E-state index contributed by atoms with van der Waals surface area (Å²) in [4.78, 5) is 25.0. The number of nitrogens with zero attached hydrogens (tertiary/aromatic N) is 4. The number of carbonyl (C=O) groups excluding carboxylic acids is 1. The van der Waals surface area contributed by atoms with Crippen molar-refractivity contribution >= 4 is 44.8 Å². The zero-order chi connectivity index (χ0) is 20.4. The SMILES string of the molecule is CCCn1c(=O)c2sccc2n2c(CCC(=O)NCc3ccc(Cl)cc3)nnc12. The molecule has 9 heteroatoms. The number of thiophene rings is 1. The van der Waals surface area contributed by atoms with Gasteiger partial charge in [0.25, 0.3) is 5.56 Å². The minimum Gasteiger partial charge on any atom is -0.352 e. The Bertz CT molecular complexity index is 1230. The number of fused-ring (bicyclic) bond motifs is 3. The molecule has 4 rings (SSSR count). The molecular weight excluding hydrogens is 410 g/mol. The van der Waals surface area contributed by atoms with Gasteiger partial charge in [0, 0.05) is 31.0 Å². The highest BCUT2D eigenvalue weighted by Gasteiger charge is 2.17. The molecule has 3 aromatic heterocycles. The standard InChI is InChI=1S/C20H20ClN5O2S/c1-2-10-25-19(28)18-15(9-11-29-18)26-16(23-24-20(25)26)7-8-17(27)22-12-13-3-5-14(21)6-4-13/h3-6,9,11H,2,7-8,10,12H2,1H3,(H,22,27). The second-order valence-corrected chi connectivity index (χ2v) is 8.10. The highest BCUT2D eigenvalue weighted by atomic mass is 35.5. The quantitative estimate of drug-likeness (QED) is 0.488. The van der Waals surface area contributed by atoms with E-state index in [1.807, 2.05) is 34.9 Å². The van der Waals surface area contributed by atoms with Gasteiger partial charge < -0.3 is 5.32 Å². The molecule has 0 atom stereocenters. The van der Waals surface area contributed by atoms with E-state index >= 15 is 0 Å². The molecule has 7 nitrogen and oxygen atoms in total. The molecule has 0 aliphatic rings. The van der Waals surface area contributed by atoms with Gasteiger partial charge in [-0.1, -0.05) is 30.7 Å². The smallest absolute Gasteiger partial charge is 0.272 e. The number of aryl methyl sites for hydroxylation is 2. The fraction of sp³-hybridized carbons (Fsp3) is 0.300. The molecule has 4 aromatic rings. The van der Waals surface area contributed by atoms with E-state index in [1.54, 1.807) is 16.7 Å². The Morgan fingerprint density at radius 1 is 1.21 bits per heavy atom. The molecule has 1 amide bonds. The van der Waals surface area contributed by atoms with Gasteiger partial charge in [0.05, 0.1) is 5.52 Å². The topological polar surface area (TPSA) is 81.3 Å². The van der Waals surface area contributed by atoms with E-state index in [9.17, 15) is 9.59 Å². The maximum absolute atomic E-state index is 12.7. The summed E-state index contributed by atoms with van der Waals surface area (Å²) in [6, 6.07) is 9.27. The minimum absolute atomic E-state index is 0.0380. The molecule has 0 aliphatic heterocycles. The summed E-state index contributed by atoms with van der Waals surface area (Å²) in [6.07, 6.45) is 1.54. The van der Waals surface area contributed by atoms with E-state index < -0.39 is 0 Å². The van der Waals surface area contributed by atoms with Gasteiger partial charge in [-0.25, -0.2) is 0 Å². The number of rotatable bonds is 7. The number of amides is 1. The first kappa shape index (κ1) is 19.6. The van der Waals surface area contributed by atoms with Gasteiger partial charge in [-0.3, -0.25) is 18.6 Å². The van der Waals surface area contributed by atoms with Crippen LogP contribution in [0.1, 0.15) is 31.2 Å². The molecule has 3 heterocycles. The zero-order valence-corrected chi connectivity index (χ0v) is 17.5. The molecule has 0 bridgehead atoms. The summed E-state index contributed by atoms with van der Waals surface area (Å²) >= 11 is 7.29. The number of nitrogens with one attached hydrogen (secondary N) is 1. The van der Waals surface area contributed by atoms with E-state index in [0.717, 1.165) is 17.5 Å². The molecule has 1 aromatic carbocycles. The zero-order valence-electron chi connectivity index (χ0n) is 15.9. The predicted octanol–water partition coefficient (Wildman–Crippen LogP) is 3.42. The molecule has 0 spiro atoms. The molecule has 29 heavy (non-hydrogen) atoms. The molecule has 0 saturated heterocycles. The number of benzene rings is 1. The van der Waals surface area contributed by atoms with E-state index in [1.165, 1.54) is 11.3 Å². The van der Waals surface area contributed by atoms with Gasteiger partial charge in [0.2, 0.25) is 11.7 Å². The Morgan fingerprint density at radius 3 is 2.76 bits per heavy atom. The lowest BCUT2D eigenvalue weighted by atomic mass is 10.2. The Balaban J connectivity index is 1.53. The Hall–Kier alpha value is -2.71. The highest BCUT2D eigenvalue weighted by molar-refractivity contribution is 7.17. The molecule has 150 valence electrons. The van der Waals surface area contributed by atoms with Crippen LogP contribution >= 0.6 is 22.9 Å². The van der Waals surface area contributed by atoms with Crippen LogP contribution in [0.25, 0.3) is 16.0 Å². The number of halogens is 1. The molecule has 0 saturated carbocycles. The summed E-state index contributed by atoms with van der Waals surface area (Å²) in [5.41, 5.74) is 1.74. The lowest BCUT2D eigenvalue weighted by Gasteiger charge is -2.08. The highest BCUT2D eigenvalue weighted by Crippen LogP contribution is 2.20. The van der Waals surface area contributed by atoms with Crippen LogP contribution in [0.15, 0.2) is 40.5 Å². The van der Waals surface area contributed by atoms with Crippen molar-refractivity contribution in [1.82, 2.24) is 24.5 Å². The third kappa shape index (κ3) is 3.90. The van der Waals surface area contributed by atoms with Crippen LogP contribution in [-0.2, 0) is 24.3 Å². The summed E-state index contributed by atoms with van der Waals surface area (Å²) in [5.74, 6) is 1.13. The third-order valence-electron chi connectivity index (χ3n) is 4.70. The van der Waals surface area contributed by atoms with E-state index in [4.69, 9.17) is 11.6 Å². The molecule has 0 radical (unpaired) electrons. The van der Waals surface area contributed by atoms with Gasteiger partial charge in [-0.05, 0) is 35.6 Å². The van der Waals surface area contributed by atoms with E-state index in [-0.39, 0.29) is 17.9 Å². The first-order valence-electron chi connectivity index (χ1n) is 9.43. The molecular formula is C20H20ClN5O2S. The summed E-state index contributed by atoms with van der Waals surface area (Å²) in [5, 5.41) is 14.0. The van der Waals surface area contributed by atoms with Crippen molar-refractivity contribution in [2.75, 3.05) is 0 Å². The second-order valence-electron chi connectivity index (χ2n) is 6.75. The van der Waals surface area contributed by atoms with E-state index in [0.29, 0.717) is 40.8 Å². The van der Waals surface area contributed by atoms with Crippen LogP contribution in [0.5, 0.6) is 0 Å². The van der Waals surface area contributed by atoms with Crippen molar-refractivity contribution in [1.29, 1.82) is 0 Å². The van der Waals surface area contributed by atoms with Crippen LogP contribution in [0.4, 0.5) is 0 Å². The van der Waals surface area contributed by atoms with Crippen molar-refractivity contribution in [3.05, 3.63) is 62.5 Å². The fourth-order valence-corrected chi connectivity index (χ4v) is 4.23. The molecule has 0 unspecified atom stereocenters. The van der Waals surface area contributed by atoms with Crippen LogP contribution < -0.4 is 10.9 Å².